The molecule has 0 amide bonds. The Morgan fingerprint density at radius 2 is 2.14 bits per heavy atom. The van der Waals surface area contributed by atoms with Crippen LogP contribution in [0.25, 0.3) is 0 Å². The molecule has 14 heavy (non-hydrogen) atoms. The zero-order valence-corrected chi connectivity index (χ0v) is 8.47. The van der Waals surface area contributed by atoms with Crippen LogP contribution in [0.15, 0.2) is 6.07 Å². The van der Waals surface area contributed by atoms with Gasteiger partial charge in [0.2, 0.25) is 5.95 Å². The molecule has 0 atom stereocenters. The summed E-state index contributed by atoms with van der Waals surface area (Å²) >= 11 is 0. The molecule has 5 heteroatoms. The molecule has 1 rings (SSSR count). The first kappa shape index (κ1) is 10.7. The second kappa shape index (κ2) is 5.36. The summed E-state index contributed by atoms with van der Waals surface area (Å²) < 4.78 is 11.9. The van der Waals surface area contributed by atoms with Crippen molar-refractivity contribution in [2.45, 2.75) is 13.8 Å². The van der Waals surface area contributed by atoms with Crippen molar-refractivity contribution >= 4 is 11.8 Å². The van der Waals surface area contributed by atoms with E-state index in [1.165, 1.54) is 0 Å². The zero-order chi connectivity index (χ0) is 10.4. The number of hydrogen-bond acceptors (Lipinski definition) is 4. The first-order chi connectivity index (χ1) is 6.76. The molecule has 4 nitrogen and oxygen atoms in total. The highest BCUT2D eigenvalue weighted by Gasteiger charge is 1.99. The second-order valence-electron chi connectivity index (χ2n) is 2.86. The van der Waals surface area contributed by atoms with Gasteiger partial charge in [0.1, 0.15) is 12.5 Å². The van der Waals surface area contributed by atoms with Crippen molar-refractivity contribution in [1.82, 2.24) is 9.97 Å². The van der Waals surface area contributed by atoms with Crippen LogP contribution in [0, 0.1) is 6.92 Å². The van der Waals surface area contributed by atoms with E-state index in [-0.39, 0.29) is 6.54 Å². The normalized spacial score (nSPS) is 9.93. The highest BCUT2D eigenvalue weighted by Crippen LogP contribution is 2.08. The average Bonchev–Trinajstić information content (AvgIpc) is 2.14. The molecule has 1 aromatic rings. The Kier molecular flexibility index (Phi) is 4.10. The number of aryl methyl sites for hydroxylation is 1. The summed E-state index contributed by atoms with van der Waals surface area (Å²) in [6.07, 6.45) is 0. The predicted octanol–water partition coefficient (Wildman–Crippen LogP) is 1.60. The van der Waals surface area contributed by atoms with Crippen molar-refractivity contribution in [3.8, 4) is 0 Å². The van der Waals surface area contributed by atoms with Crippen LogP contribution >= 0.6 is 0 Å². The molecular weight excluding hydrogens is 183 g/mol. The van der Waals surface area contributed by atoms with E-state index in [1.807, 2.05) is 13.8 Å². The minimum atomic E-state index is -0.403. The summed E-state index contributed by atoms with van der Waals surface area (Å²) in [4.78, 5) is 8.34. The fourth-order valence-electron chi connectivity index (χ4n) is 1.07. The van der Waals surface area contributed by atoms with Crippen molar-refractivity contribution in [3.63, 3.8) is 0 Å². The Labute approximate surface area is 83.0 Å². The van der Waals surface area contributed by atoms with Crippen molar-refractivity contribution in [2.24, 2.45) is 0 Å². The standard InChI is InChI=1S/C9H15FN4/c1-3-11-9-13-7(2)6-8(14-9)12-5-4-10/h6H,3-5H2,1-2H3,(H2,11,12,13,14). The van der Waals surface area contributed by atoms with E-state index in [0.717, 1.165) is 12.2 Å². The molecule has 0 aromatic carbocycles. The van der Waals surface area contributed by atoms with Crippen LogP contribution in [0.2, 0.25) is 0 Å². The van der Waals surface area contributed by atoms with Gasteiger partial charge >= 0.3 is 0 Å². The van der Waals surface area contributed by atoms with E-state index in [1.54, 1.807) is 6.07 Å². The third-order valence-corrected chi connectivity index (χ3v) is 1.59. The third kappa shape index (κ3) is 3.16. The van der Waals surface area contributed by atoms with Crippen LogP contribution in [0.1, 0.15) is 12.6 Å². The van der Waals surface area contributed by atoms with Gasteiger partial charge in [0.05, 0.1) is 0 Å². The van der Waals surface area contributed by atoms with Gasteiger partial charge in [0.15, 0.2) is 0 Å². The molecule has 0 aliphatic carbocycles. The fraction of sp³-hybridized carbons (Fsp3) is 0.556. The number of hydrogen-bond donors (Lipinski definition) is 2. The maximum atomic E-state index is 11.9. The monoisotopic (exact) mass is 198 g/mol. The summed E-state index contributed by atoms with van der Waals surface area (Å²) in [6.45, 7) is 4.50. The molecule has 0 aliphatic heterocycles. The first-order valence-corrected chi connectivity index (χ1v) is 4.65. The largest absolute Gasteiger partial charge is 0.367 e. The van der Waals surface area contributed by atoms with E-state index >= 15 is 0 Å². The van der Waals surface area contributed by atoms with Crippen molar-refractivity contribution < 1.29 is 4.39 Å². The maximum Gasteiger partial charge on any atom is 0.224 e. The van der Waals surface area contributed by atoms with Gasteiger partial charge in [-0.05, 0) is 13.8 Å². The molecule has 78 valence electrons. The number of aromatic nitrogens is 2. The van der Waals surface area contributed by atoms with Gasteiger partial charge in [-0.2, -0.15) is 4.98 Å². The van der Waals surface area contributed by atoms with Crippen LogP contribution in [-0.2, 0) is 0 Å². The molecular formula is C9H15FN4. The summed E-state index contributed by atoms with van der Waals surface area (Å²) in [5.41, 5.74) is 0.859. The van der Waals surface area contributed by atoms with Gasteiger partial charge < -0.3 is 10.6 Å². The number of anilines is 2. The Morgan fingerprint density at radius 1 is 1.36 bits per heavy atom. The van der Waals surface area contributed by atoms with Gasteiger partial charge in [0.25, 0.3) is 0 Å². The Morgan fingerprint density at radius 3 is 2.79 bits per heavy atom. The summed E-state index contributed by atoms with van der Waals surface area (Å²) in [5.74, 6) is 1.24. The molecule has 1 aromatic heterocycles. The van der Waals surface area contributed by atoms with Crippen molar-refractivity contribution in [2.75, 3.05) is 30.4 Å². The minimum absolute atomic E-state index is 0.280. The molecule has 0 saturated carbocycles. The lowest BCUT2D eigenvalue weighted by atomic mass is 10.4. The Bertz CT molecular complexity index is 290. The van der Waals surface area contributed by atoms with Crippen LogP contribution < -0.4 is 10.6 Å². The van der Waals surface area contributed by atoms with Gasteiger partial charge in [-0.3, -0.25) is 0 Å². The van der Waals surface area contributed by atoms with Gasteiger partial charge in [0, 0.05) is 24.8 Å². The molecule has 0 spiro atoms. The fourth-order valence-corrected chi connectivity index (χ4v) is 1.07. The van der Waals surface area contributed by atoms with Crippen LogP contribution in [0.4, 0.5) is 16.2 Å². The van der Waals surface area contributed by atoms with E-state index in [0.29, 0.717) is 11.8 Å². The molecule has 0 aliphatic rings. The summed E-state index contributed by atoms with van der Waals surface area (Å²) in [7, 11) is 0. The van der Waals surface area contributed by atoms with Gasteiger partial charge in [-0.15, -0.1) is 0 Å². The topological polar surface area (TPSA) is 49.8 Å². The SMILES string of the molecule is CCNc1nc(C)cc(NCCF)n1. The molecule has 1 heterocycles. The average molecular weight is 198 g/mol. The van der Waals surface area contributed by atoms with Crippen LogP contribution in [0.5, 0.6) is 0 Å². The lowest BCUT2D eigenvalue weighted by Crippen LogP contribution is -2.09. The molecule has 0 radical (unpaired) electrons. The zero-order valence-electron chi connectivity index (χ0n) is 8.47. The van der Waals surface area contributed by atoms with Gasteiger partial charge in [-0.1, -0.05) is 0 Å². The first-order valence-electron chi connectivity index (χ1n) is 4.65. The molecule has 0 bridgehead atoms. The number of nitrogens with one attached hydrogen (secondary N) is 2. The minimum Gasteiger partial charge on any atom is -0.367 e. The van der Waals surface area contributed by atoms with Crippen LogP contribution in [-0.4, -0.2) is 29.7 Å². The van der Waals surface area contributed by atoms with E-state index in [2.05, 4.69) is 20.6 Å². The number of nitrogens with zero attached hydrogens (tertiary/aromatic N) is 2. The predicted molar refractivity (Wildman–Crippen MR) is 55.4 cm³/mol. The number of halogens is 1. The lowest BCUT2D eigenvalue weighted by molar-refractivity contribution is 0.512. The summed E-state index contributed by atoms with van der Waals surface area (Å²) in [6, 6.07) is 1.79. The molecule has 2 N–H and O–H groups in total. The third-order valence-electron chi connectivity index (χ3n) is 1.59. The Hall–Kier alpha value is -1.39. The lowest BCUT2D eigenvalue weighted by Gasteiger charge is -2.07. The smallest absolute Gasteiger partial charge is 0.224 e. The summed E-state index contributed by atoms with van der Waals surface area (Å²) in [5, 5.41) is 5.88. The van der Waals surface area contributed by atoms with E-state index in [4.69, 9.17) is 0 Å². The highest BCUT2D eigenvalue weighted by atomic mass is 19.1. The highest BCUT2D eigenvalue weighted by molar-refractivity contribution is 5.41. The number of alkyl halides is 1. The van der Waals surface area contributed by atoms with Crippen molar-refractivity contribution in [1.29, 1.82) is 0 Å². The quantitative estimate of drug-likeness (QED) is 0.754. The van der Waals surface area contributed by atoms with Gasteiger partial charge in [-0.25, -0.2) is 9.37 Å². The molecule has 0 fully saturated rings. The number of rotatable bonds is 5. The molecule has 0 unspecified atom stereocenters. The second-order valence-corrected chi connectivity index (χ2v) is 2.86. The molecule has 0 saturated heterocycles. The van der Waals surface area contributed by atoms with E-state index < -0.39 is 6.67 Å². The maximum absolute atomic E-state index is 11.9. The Balaban J connectivity index is 2.73. The van der Waals surface area contributed by atoms with E-state index in [9.17, 15) is 4.39 Å². The van der Waals surface area contributed by atoms with Crippen LogP contribution in [0.3, 0.4) is 0 Å². The van der Waals surface area contributed by atoms with Crippen molar-refractivity contribution in [3.05, 3.63) is 11.8 Å².